The van der Waals surface area contributed by atoms with E-state index in [0.717, 1.165) is 6.42 Å². The average Bonchev–Trinajstić information content (AvgIpc) is 3.03. The number of amides is 2. The van der Waals surface area contributed by atoms with Gasteiger partial charge in [0.05, 0.1) is 10.7 Å². The summed E-state index contributed by atoms with van der Waals surface area (Å²) >= 11 is 6.18. The van der Waals surface area contributed by atoms with E-state index in [1.165, 1.54) is 4.68 Å². The van der Waals surface area contributed by atoms with Crippen molar-refractivity contribution in [2.24, 2.45) is 0 Å². The van der Waals surface area contributed by atoms with Crippen LogP contribution in [-0.2, 0) is 16.1 Å². The predicted octanol–water partition coefficient (Wildman–Crippen LogP) is 1.85. The van der Waals surface area contributed by atoms with Crippen LogP contribution < -0.4 is 10.2 Å². The summed E-state index contributed by atoms with van der Waals surface area (Å²) in [6, 6.07) is 8.46. The summed E-state index contributed by atoms with van der Waals surface area (Å²) in [4.78, 5) is 26.4. The highest BCUT2D eigenvalue weighted by molar-refractivity contribution is 6.33. The number of aromatic nitrogens is 2. The number of nitrogens with one attached hydrogen (secondary N) is 1. The molecule has 0 bridgehead atoms. The maximum absolute atomic E-state index is 12.6. The third kappa shape index (κ3) is 3.53. The van der Waals surface area contributed by atoms with Crippen LogP contribution in [0.2, 0.25) is 5.02 Å². The second-order valence-electron chi connectivity index (χ2n) is 5.41. The van der Waals surface area contributed by atoms with Crippen LogP contribution in [0.3, 0.4) is 0 Å². The van der Waals surface area contributed by atoms with Gasteiger partial charge in [-0.1, -0.05) is 23.7 Å². The molecular weight excluding hydrogens is 316 g/mol. The van der Waals surface area contributed by atoms with Gasteiger partial charge in [0.15, 0.2) is 0 Å². The first-order chi connectivity index (χ1) is 11.1. The maximum atomic E-state index is 12.6. The summed E-state index contributed by atoms with van der Waals surface area (Å²) in [6.45, 7) is 0.705. The fourth-order valence-electron chi connectivity index (χ4n) is 2.70. The molecule has 0 aliphatic carbocycles. The molecule has 2 aromatic rings. The van der Waals surface area contributed by atoms with Gasteiger partial charge in [-0.15, -0.1) is 0 Å². The van der Waals surface area contributed by atoms with Crippen LogP contribution in [0.1, 0.15) is 12.8 Å². The number of anilines is 1. The lowest BCUT2D eigenvalue weighted by Gasteiger charge is -2.33. The average molecular weight is 333 g/mol. The first-order valence-corrected chi connectivity index (χ1v) is 7.85. The molecule has 7 heteroatoms. The highest BCUT2D eigenvalue weighted by Crippen LogP contribution is 2.28. The first kappa shape index (κ1) is 15.6. The molecule has 0 unspecified atom stereocenters. The highest BCUT2D eigenvalue weighted by atomic mass is 35.5. The fourth-order valence-corrected chi connectivity index (χ4v) is 2.94. The Balaban J connectivity index is 1.68. The summed E-state index contributed by atoms with van der Waals surface area (Å²) < 4.78 is 1.52. The molecule has 1 fully saturated rings. The van der Waals surface area contributed by atoms with E-state index in [9.17, 15) is 9.59 Å². The molecule has 0 spiro atoms. The van der Waals surface area contributed by atoms with Gasteiger partial charge in [0, 0.05) is 18.9 Å². The standard InChI is InChI=1S/C16H17ClN4O2/c17-12-5-1-2-7-14(12)21-10-3-6-13(16(21)23)19-15(22)11-20-9-4-8-18-20/h1-2,4-5,7-9,13H,3,6,10-11H2,(H,19,22)/t13-/m0/s1. The van der Waals surface area contributed by atoms with E-state index < -0.39 is 6.04 Å². The van der Waals surface area contributed by atoms with Crippen LogP contribution in [0.5, 0.6) is 0 Å². The zero-order chi connectivity index (χ0) is 16.2. The van der Waals surface area contributed by atoms with Crippen LogP contribution in [0.4, 0.5) is 5.69 Å². The van der Waals surface area contributed by atoms with Crippen molar-refractivity contribution in [1.29, 1.82) is 0 Å². The lowest BCUT2D eigenvalue weighted by atomic mass is 10.0. The first-order valence-electron chi connectivity index (χ1n) is 7.48. The summed E-state index contributed by atoms with van der Waals surface area (Å²) in [5.41, 5.74) is 0.685. The van der Waals surface area contributed by atoms with Gasteiger partial charge in [0.25, 0.3) is 0 Å². The Morgan fingerprint density at radius 1 is 1.35 bits per heavy atom. The predicted molar refractivity (Wildman–Crippen MR) is 87.2 cm³/mol. The molecule has 23 heavy (non-hydrogen) atoms. The third-order valence-corrected chi connectivity index (χ3v) is 4.10. The number of para-hydroxylation sites is 1. The molecule has 0 saturated carbocycles. The largest absolute Gasteiger partial charge is 0.343 e. The molecule has 1 aliphatic heterocycles. The van der Waals surface area contributed by atoms with Crippen molar-refractivity contribution in [3.05, 3.63) is 47.7 Å². The fraction of sp³-hybridized carbons (Fsp3) is 0.312. The van der Waals surface area contributed by atoms with Gasteiger partial charge < -0.3 is 10.2 Å². The molecule has 120 valence electrons. The number of hydrogen-bond acceptors (Lipinski definition) is 3. The molecule has 0 radical (unpaired) electrons. The smallest absolute Gasteiger partial charge is 0.249 e. The van der Waals surface area contributed by atoms with Gasteiger partial charge in [-0.25, -0.2) is 0 Å². The number of carbonyl (C=O) groups is 2. The lowest BCUT2D eigenvalue weighted by molar-refractivity contribution is -0.128. The van der Waals surface area contributed by atoms with E-state index in [1.807, 2.05) is 18.2 Å². The van der Waals surface area contributed by atoms with Crippen molar-refractivity contribution in [1.82, 2.24) is 15.1 Å². The van der Waals surface area contributed by atoms with E-state index in [1.54, 1.807) is 29.4 Å². The lowest BCUT2D eigenvalue weighted by Crippen LogP contribution is -2.53. The van der Waals surface area contributed by atoms with E-state index >= 15 is 0 Å². The number of halogens is 1. The van der Waals surface area contributed by atoms with Crippen molar-refractivity contribution in [3.8, 4) is 0 Å². The Kier molecular flexibility index (Phi) is 4.62. The van der Waals surface area contributed by atoms with Gasteiger partial charge in [0.1, 0.15) is 12.6 Å². The van der Waals surface area contributed by atoms with Crippen LogP contribution in [0.25, 0.3) is 0 Å². The minimum absolute atomic E-state index is 0.100. The van der Waals surface area contributed by atoms with Crippen LogP contribution >= 0.6 is 11.6 Å². The molecule has 1 N–H and O–H groups in total. The monoisotopic (exact) mass is 332 g/mol. The van der Waals surface area contributed by atoms with Gasteiger partial charge in [-0.05, 0) is 31.0 Å². The molecule has 3 rings (SSSR count). The maximum Gasteiger partial charge on any atom is 0.249 e. The summed E-state index contributed by atoms with van der Waals surface area (Å²) in [5.74, 6) is -0.355. The van der Waals surface area contributed by atoms with Crippen LogP contribution in [0, 0.1) is 0 Å². The molecule has 1 aromatic carbocycles. The summed E-state index contributed by atoms with van der Waals surface area (Å²) in [5, 5.41) is 7.31. The van der Waals surface area contributed by atoms with Gasteiger partial charge in [-0.2, -0.15) is 5.10 Å². The van der Waals surface area contributed by atoms with Crippen molar-refractivity contribution >= 4 is 29.1 Å². The molecule has 6 nitrogen and oxygen atoms in total. The van der Waals surface area contributed by atoms with Crippen molar-refractivity contribution < 1.29 is 9.59 Å². The number of carbonyl (C=O) groups excluding carboxylic acids is 2. The Bertz CT molecular complexity index is 702. The minimum atomic E-state index is -0.525. The Hall–Kier alpha value is -2.34. The Morgan fingerprint density at radius 3 is 2.91 bits per heavy atom. The number of piperidine rings is 1. The summed E-state index contributed by atoms with van der Waals surface area (Å²) in [6.07, 6.45) is 4.75. The highest BCUT2D eigenvalue weighted by Gasteiger charge is 2.31. The molecule has 1 aromatic heterocycles. The Labute approximate surface area is 139 Å². The van der Waals surface area contributed by atoms with Crippen LogP contribution in [-0.4, -0.2) is 34.2 Å². The zero-order valence-electron chi connectivity index (χ0n) is 12.5. The molecule has 1 saturated heterocycles. The van der Waals surface area contributed by atoms with Crippen molar-refractivity contribution in [2.75, 3.05) is 11.4 Å². The topological polar surface area (TPSA) is 67.2 Å². The second-order valence-corrected chi connectivity index (χ2v) is 5.81. The van der Waals surface area contributed by atoms with Gasteiger partial charge in [0.2, 0.25) is 11.8 Å². The third-order valence-electron chi connectivity index (χ3n) is 3.78. The number of hydrogen-bond donors (Lipinski definition) is 1. The van der Waals surface area contributed by atoms with Crippen molar-refractivity contribution in [2.45, 2.75) is 25.4 Å². The number of nitrogens with zero attached hydrogens (tertiary/aromatic N) is 3. The molecule has 2 amide bonds. The molecule has 1 atom stereocenters. The zero-order valence-corrected chi connectivity index (χ0v) is 13.2. The summed E-state index contributed by atoms with van der Waals surface area (Å²) in [7, 11) is 0. The molecule has 2 heterocycles. The number of benzene rings is 1. The second kappa shape index (κ2) is 6.83. The molecule has 1 aliphatic rings. The van der Waals surface area contributed by atoms with E-state index in [4.69, 9.17) is 11.6 Å². The number of rotatable bonds is 4. The Morgan fingerprint density at radius 2 is 2.17 bits per heavy atom. The van der Waals surface area contributed by atoms with Crippen LogP contribution in [0.15, 0.2) is 42.7 Å². The van der Waals surface area contributed by atoms with E-state index in [0.29, 0.717) is 23.7 Å². The quantitative estimate of drug-likeness (QED) is 0.929. The van der Waals surface area contributed by atoms with Gasteiger partial charge in [-0.3, -0.25) is 14.3 Å². The molecular formula is C16H17ClN4O2. The van der Waals surface area contributed by atoms with E-state index in [2.05, 4.69) is 10.4 Å². The normalized spacial score (nSPS) is 18.0. The van der Waals surface area contributed by atoms with E-state index in [-0.39, 0.29) is 18.4 Å². The minimum Gasteiger partial charge on any atom is -0.343 e. The van der Waals surface area contributed by atoms with Gasteiger partial charge >= 0.3 is 0 Å². The van der Waals surface area contributed by atoms with Crippen molar-refractivity contribution in [3.63, 3.8) is 0 Å². The SMILES string of the molecule is O=C(Cn1cccn1)N[C@H]1CCCN(c2ccccc2Cl)C1=O.